The van der Waals surface area contributed by atoms with E-state index in [-0.39, 0.29) is 33.3 Å². The molecular weight excluding hydrogens is 307 g/mol. The smallest absolute Gasteiger partial charge is 0.313 e. The van der Waals surface area contributed by atoms with Crippen molar-refractivity contribution >= 4 is 34.8 Å². The molecule has 7 nitrogen and oxygen atoms in total. The van der Waals surface area contributed by atoms with Gasteiger partial charge in [0, 0.05) is 13.1 Å². The summed E-state index contributed by atoms with van der Waals surface area (Å²) in [4.78, 5) is 18.2. The van der Waals surface area contributed by atoms with Crippen LogP contribution in [0.4, 0.5) is 11.6 Å². The quantitative estimate of drug-likeness (QED) is 0.685. The third-order valence-corrected chi connectivity index (χ3v) is 2.83. The molecule has 1 N–H and O–H groups in total. The maximum Gasteiger partial charge on any atom is 0.313 e. The number of para-hydroxylation sites is 1. The molecule has 0 bridgehead atoms. The molecule has 0 saturated heterocycles. The van der Waals surface area contributed by atoms with Gasteiger partial charge in [-0.1, -0.05) is 29.3 Å². The fourth-order valence-electron chi connectivity index (χ4n) is 1.38. The number of nitro benzene ring substituents is 1. The Kier molecular flexibility index (Phi) is 4.21. The lowest BCUT2D eigenvalue weighted by atomic mass is 10.3. The summed E-state index contributed by atoms with van der Waals surface area (Å²) < 4.78 is 5.38. The maximum absolute atomic E-state index is 11.0. The molecule has 2 aromatic rings. The van der Waals surface area contributed by atoms with Crippen molar-refractivity contribution in [2.24, 2.45) is 0 Å². The minimum atomic E-state index is -0.602. The number of nitrogens with one attached hydrogen (secondary N) is 1. The van der Waals surface area contributed by atoms with Crippen LogP contribution in [-0.2, 0) is 0 Å². The molecule has 104 valence electrons. The van der Waals surface area contributed by atoms with Crippen LogP contribution in [-0.4, -0.2) is 21.9 Å². The van der Waals surface area contributed by atoms with E-state index < -0.39 is 4.92 Å². The van der Waals surface area contributed by atoms with Crippen LogP contribution in [0.15, 0.2) is 24.4 Å². The average Bonchev–Trinajstić information content (AvgIpc) is 2.43. The average molecular weight is 315 g/mol. The molecule has 0 radical (unpaired) electrons. The Morgan fingerprint density at radius 1 is 1.35 bits per heavy atom. The third-order valence-electron chi connectivity index (χ3n) is 2.28. The molecule has 1 aromatic carbocycles. The number of halogens is 2. The second-order valence-corrected chi connectivity index (χ2v) is 4.36. The molecule has 0 atom stereocenters. The summed E-state index contributed by atoms with van der Waals surface area (Å²) in [6, 6.07) is 4.20. The van der Waals surface area contributed by atoms with Crippen LogP contribution in [0.25, 0.3) is 0 Å². The summed E-state index contributed by atoms with van der Waals surface area (Å²) in [7, 11) is 1.62. The Labute approximate surface area is 123 Å². The molecule has 0 spiro atoms. The molecular formula is C11H8Cl2N4O3. The summed E-state index contributed by atoms with van der Waals surface area (Å²) in [5.41, 5.74) is -0.279. The summed E-state index contributed by atoms with van der Waals surface area (Å²) in [5.74, 6) is 0.114. The first-order chi connectivity index (χ1) is 9.52. The molecule has 0 fully saturated rings. The Hall–Kier alpha value is -2.12. The highest BCUT2D eigenvalue weighted by Crippen LogP contribution is 2.39. The van der Waals surface area contributed by atoms with Gasteiger partial charge in [0.15, 0.2) is 0 Å². The summed E-state index contributed by atoms with van der Waals surface area (Å²) in [6.45, 7) is 0. The zero-order valence-corrected chi connectivity index (χ0v) is 11.6. The van der Waals surface area contributed by atoms with Crippen LogP contribution in [0.3, 0.4) is 0 Å². The van der Waals surface area contributed by atoms with Crippen molar-refractivity contribution in [2.75, 3.05) is 12.4 Å². The molecule has 1 heterocycles. The van der Waals surface area contributed by atoms with E-state index in [1.165, 1.54) is 24.4 Å². The number of benzene rings is 1. The van der Waals surface area contributed by atoms with Gasteiger partial charge in [0.1, 0.15) is 5.02 Å². The predicted octanol–water partition coefficient (Wildman–Crippen LogP) is 3.53. The lowest BCUT2D eigenvalue weighted by Gasteiger charge is -2.09. The van der Waals surface area contributed by atoms with Crippen LogP contribution in [0.2, 0.25) is 10.0 Å². The molecule has 0 aliphatic rings. The van der Waals surface area contributed by atoms with Crippen LogP contribution >= 0.6 is 23.2 Å². The van der Waals surface area contributed by atoms with E-state index in [9.17, 15) is 10.1 Å². The van der Waals surface area contributed by atoms with E-state index in [2.05, 4.69) is 15.3 Å². The minimum Gasteiger partial charge on any atom is -0.428 e. The Morgan fingerprint density at radius 3 is 2.75 bits per heavy atom. The number of hydrogen-bond acceptors (Lipinski definition) is 6. The van der Waals surface area contributed by atoms with E-state index in [1.54, 1.807) is 7.05 Å². The Balaban J connectivity index is 2.47. The minimum absolute atomic E-state index is 0.0257. The van der Waals surface area contributed by atoms with Crippen molar-refractivity contribution in [3.8, 4) is 11.6 Å². The van der Waals surface area contributed by atoms with E-state index in [0.717, 1.165) is 0 Å². The normalized spacial score (nSPS) is 10.2. The van der Waals surface area contributed by atoms with Crippen LogP contribution in [0.5, 0.6) is 11.6 Å². The summed E-state index contributed by atoms with van der Waals surface area (Å²) in [6.07, 6.45) is 1.32. The number of ether oxygens (including phenoxy) is 1. The van der Waals surface area contributed by atoms with E-state index in [4.69, 9.17) is 27.9 Å². The van der Waals surface area contributed by atoms with Gasteiger partial charge < -0.3 is 10.1 Å². The first kappa shape index (κ1) is 14.3. The van der Waals surface area contributed by atoms with Gasteiger partial charge in [0.05, 0.1) is 16.1 Å². The van der Waals surface area contributed by atoms with Gasteiger partial charge in [-0.15, -0.1) is 0 Å². The number of anilines is 1. The highest BCUT2D eigenvalue weighted by molar-refractivity contribution is 6.33. The summed E-state index contributed by atoms with van der Waals surface area (Å²) >= 11 is 11.8. The van der Waals surface area contributed by atoms with Crippen LogP contribution in [0, 0.1) is 10.1 Å². The van der Waals surface area contributed by atoms with Crippen molar-refractivity contribution in [2.45, 2.75) is 0 Å². The molecule has 1 aromatic heterocycles. The number of aromatic nitrogens is 2. The van der Waals surface area contributed by atoms with Crippen molar-refractivity contribution in [1.29, 1.82) is 0 Å². The van der Waals surface area contributed by atoms with Gasteiger partial charge in [0.2, 0.25) is 17.6 Å². The number of hydrogen-bond donors (Lipinski definition) is 1. The first-order valence-corrected chi connectivity index (χ1v) is 6.09. The van der Waals surface area contributed by atoms with Crippen molar-refractivity contribution in [3.05, 3.63) is 44.6 Å². The molecule has 0 amide bonds. The van der Waals surface area contributed by atoms with Crippen molar-refractivity contribution < 1.29 is 9.66 Å². The van der Waals surface area contributed by atoms with E-state index in [1.807, 2.05) is 0 Å². The second-order valence-electron chi connectivity index (χ2n) is 3.54. The second kappa shape index (κ2) is 5.89. The third kappa shape index (κ3) is 2.89. The zero-order valence-electron chi connectivity index (χ0n) is 10.1. The molecule has 0 aliphatic carbocycles. The largest absolute Gasteiger partial charge is 0.428 e. The standard InChI is InChI=1S/C11H8Cl2N4O3/c1-14-11-15-5-7(13)10(16-11)20-9-6(12)3-2-4-8(9)17(18)19/h2-5H,1H3,(H,14,15,16). The molecule has 0 saturated carbocycles. The fourth-order valence-corrected chi connectivity index (χ4v) is 1.72. The summed E-state index contributed by atoms with van der Waals surface area (Å²) in [5, 5.41) is 13.9. The number of rotatable bonds is 4. The molecule has 20 heavy (non-hydrogen) atoms. The molecule has 2 rings (SSSR count). The van der Waals surface area contributed by atoms with Gasteiger partial charge in [-0.2, -0.15) is 4.98 Å². The molecule has 0 unspecified atom stereocenters. The molecule has 9 heteroatoms. The topological polar surface area (TPSA) is 90.2 Å². The van der Waals surface area contributed by atoms with Gasteiger partial charge in [-0.25, -0.2) is 4.98 Å². The first-order valence-electron chi connectivity index (χ1n) is 5.34. The van der Waals surface area contributed by atoms with Crippen LogP contribution < -0.4 is 10.1 Å². The van der Waals surface area contributed by atoms with Crippen molar-refractivity contribution in [3.63, 3.8) is 0 Å². The number of nitro groups is 1. The zero-order chi connectivity index (χ0) is 14.7. The van der Waals surface area contributed by atoms with Gasteiger partial charge in [-0.05, 0) is 6.07 Å². The van der Waals surface area contributed by atoms with E-state index in [0.29, 0.717) is 0 Å². The van der Waals surface area contributed by atoms with Crippen LogP contribution in [0.1, 0.15) is 0 Å². The molecule has 0 aliphatic heterocycles. The SMILES string of the molecule is CNc1ncc(Cl)c(Oc2c(Cl)cccc2[N+](=O)[O-])n1. The Morgan fingerprint density at radius 2 is 2.10 bits per heavy atom. The monoisotopic (exact) mass is 314 g/mol. The lowest BCUT2D eigenvalue weighted by Crippen LogP contribution is -2.00. The Bertz CT molecular complexity index is 666. The van der Waals surface area contributed by atoms with Crippen molar-refractivity contribution in [1.82, 2.24) is 9.97 Å². The fraction of sp³-hybridized carbons (Fsp3) is 0.0909. The maximum atomic E-state index is 11.0. The van der Waals surface area contributed by atoms with E-state index >= 15 is 0 Å². The van der Waals surface area contributed by atoms with Gasteiger partial charge in [-0.3, -0.25) is 10.1 Å². The highest BCUT2D eigenvalue weighted by atomic mass is 35.5. The van der Waals surface area contributed by atoms with Gasteiger partial charge in [0.25, 0.3) is 0 Å². The lowest BCUT2D eigenvalue weighted by molar-refractivity contribution is -0.385. The highest BCUT2D eigenvalue weighted by Gasteiger charge is 2.21. The van der Waals surface area contributed by atoms with Gasteiger partial charge >= 0.3 is 5.69 Å². The predicted molar refractivity (Wildman–Crippen MR) is 74.8 cm³/mol. The number of nitrogens with zero attached hydrogens (tertiary/aromatic N) is 3.